The molecule has 1 aliphatic rings. The van der Waals surface area contributed by atoms with Crippen LogP contribution in [0.2, 0.25) is 0 Å². The summed E-state index contributed by atoms with van der Waals surface area (Å²) in [7, 11) is 0. The fourth-order valence-electron chi connectivity index (χ4n) is 3.02. The van der Waals surface area contributed by atoms with E-state index in [0.717, 1.165) is 24.9 Å². The number of nitrogens with one attached hydrogen (secondary N) is 1. The molecule has 1 aromatic rings. The smallest absolute Gasteiger partial charge is 0.0534 e. The Morgan fingerprint density at radius 3 is 2.65 bits per heavy atom. The number of rotatable bonds is 4. The lowest BCUT2D eigenvalue weighted by molar-refractivity contribution is 0.207. The van der Waals surface area contributed by atoms with Crippen molar-refractivity contribution in [3.8, 4) is 0 Å². The molecular weight excluding hydrogens is 210 g/mol. The standard InChI is InChI=1S/C14H25N3/c1-11-9-16-17(10-11)8-7-15-14-12(2)5-4-6-13(14)3/h9-10,12-15H,4-8H2,1-3H3. The van der Waals surface area contributed by atoms with E-state index in [1.165, 1.54) is 24.8 Å². The Kier molecular flexibility index (Phi) is 4.21. The van der Waals surface area contributed by atoms with Gasteiger partial charge < -0.3 is 5.32 Å². The van der Waals surface area contributed by atoms with Crippen molar-refractivity contribution in [3.05, 3.63) is 18.0 Å². The van der Waals surface area contributed by atoms with E-state index in [1.807, 2.05) is 10.9 Å². The first-order valence-electron chi connectivity index (χ1n) is 6.89. The first-order chi connectivity index (χ1) is 8.16. The van der Waals surface area contributed by atoms with E-state index in [-0.39, 0.29) is 0 Å². The number of hydrogen-bond donors (Lipinski definition) is 1. The molecule has 0 aliphatic heterocycles. The molecular formula is C14H25N3. The summed E-state index contributed by atoms with van der Waals surface area (Å²) in [5.41, 5.74) is 1.24. The van der Waals surface area contributed by atoms with E-state index in [9.17, 15) is 0 Å². The van der Waals surface area contributed by atoms with Crippen molar-refractivity contribution in [2.45, 2.75) is 52.6 Å². The fraction of sp³-hybridized carbons (Fsp3) is 0.786. The van der Waals surface area contributed by atoms with Gasteiger partial charge in [0, 0.05) is 18.8 Å². The van der Waals surface area contributed by atoms with Gasteiger partial charge in [0.25, 0.3) is 0 Å². The van der Waals surface area contributed by atoms with Crippen molar-refractivity contribution in [1.82, 2.24) is 15.1 Å². The van der Waals surface area contributed by atoms with Gasteiger partial charge in [-0.1, -0.05) is 20.3 Å². The Labute approximate surface area is 105 Å². The van der Waals surface area contributed by atoms with Crippen LogP contribution in [0.25, 0.3) is 0 Å². The predicted molar refractivity (Wildman–Crippen MR) is 70.9 cm³/mol. The normalized spacial score (nSPS) is 29.5. The van der Waals surface area contributed by atoms with Crippen molar-refractivity contribution in [2.75, 3.05) is 6.54 Å². The van der Waals surface area contributed by atoms with Crippen LogP contribution in [0.1, 0.15) is 38.7 Å². The predicted octanol–water partition coefficient (Wildman–Crippen LogP) is 2.61. The maximum Gasteiger partial charge on any atom is 0.0534 e. The summed E-state index contributed by atoms with van der Waals surface area (Å²) in [5, 5.41) is 8.03. The van der Waals surface area contributed by atoms with Gasteiger partial charge in [0.2, 0.25) is 0 Å². The van der Waals surface area contributed by atoms with Crippen LogP contribution in [0.3, 0.4) is 0 Å². The van der Waals surface area contributed by atoms with E-state index >= 15 is 0 Å². The zero-order valence-corrected chi connectivity index (χ0v) is 11.3. The summed E-state index contributed by atoms with van der Waals surface area (Å²) in [5.74, 6) is 1.64. The maximum atomic E-state index is 4.31. The molecule has 2 unspecified atom stereocenters. The summed E-state index contributed by atoms with van der Waals surface area (Å²) in [6.45, 7) is 8.85. The highest BCUT2D eigenvalue weighted by Crippen LogP contribution is 2.28. The van der Waals surface area contributed by atoms with Crippen molar-refractivity contribution >= 4 is 0 Å². The van der Waals surface area contributed by atoms with Gasteiger partial charge in [0.1, 0.15) is 0 Å². The van der Waals surface area contributed by atoms with Crippen LogP contribution in [-0.2, 0) is 6.54 Å². The third-order valence-corrected chi connectivity index (χ3v) is 4.03. The topological polar surface area (TPSA) is 29.9 Å². The molecule has 17 heavy (non-hydrogen) atoms. The number of hydrogen-bond acceptors (Lipinski definition) is 2. The Hall–Kier alpha value is -0.830. The SMILES string of the molecule is Cc1cnn(CCNC2C(C)CCCC2C)c1. The largest absolute Gasteiger partial charge is 0.312 e. The van der Waals surface area contributed by atoms with Crippen molar-refractivity contribution in [3.63, 3.8) is 0 Å². The minimum atomic E-state index is 0.695. The molecule has 1 fully saturated rings. The van der Waals surface area contributed by atoms with Crippen LogP contribution >= 0.6 is 0 Å². The molecule has 0 bridgehead atoms. The first kappa shape index (κ1) is 12.6. The van der Waals surface area contributed by atoms with Crippen LogP contribution in [0.15, 0.2) is 12.4 Å². The Morgan fingerprint density at radius 2 is 2.06 bits per heavy atom. The lowest BCUT2D eigenvalue weighted by Crippen LogP contribution is -2.43. The van der Waals surface area contributed by atoms with Gasteiger partial charge in [-0.15, -0.1) is 0 Å². The molecule has 2 rings (SSSR count). The molecule has 0 amide bonds. The average Bonchev–Trinajstić information content (AvgIpc) is 2.69. The average molecular weight is 235 g/mol. The lowest BCUT2D eigenvalue weighted by Gasteiger charge is -2.35. The van der Waals surface area contributed by atoms with Gasteiger partial charge in [0.05, 0.1) is 12.7 Å². The van der Waals surface area contributed by atoms with E-state index in [2.05, 4.69) is 37.4 Å². The molecule has 0 aromatic carbocycles. The Morgan fingerprint density at radius 1 is 1.35 bits per heavy atom. The zero-order valence-electron chi connectivity index (χ0n) is 11.3. The first-order valence-corrected chi connectivity index (χ1v) is 6.89. The Balaban J connectivity index is 1.77. The third kappa shape index (κ3) is 3.32. The van der Waals surface area contributed by atoms with Gasteiger partial charge in [-0.3, -0.25) is 4.68 Å². The molecule has 1 aromatic heterocycles. The molecule has 1 heterocycles. The van der Waals surface area contributed by atoms with Gasteiger partial charge in [0.15, 0.2) is 0 Å². The second-order valence-corrected chi connectivity index (χ2v) is 5.65. The number of nitrogens with zero attached hydrogens (tertiary/aromatic N) is 2. The number of aromatic nitrogens is 2. The minimum absolute atomic E-state index is 0.695. The molecule has 3 nitrogen and oxygen atoms in total. The maximum absolute atomic E-state index is 4.31. The lowest BCUT2D eigenvalue weighted by atomic mass is 9.79. The number of aryl methyl sites for hydroxylation is 1. The van der Waals surface area contributed by atoms with E-state index in [4.69, 9.17) is 0 Å². The van der Waals surface area contributed by atoms with Crippen molar-refractivity contribution in [1.29, 1.82) is 0 Å². The van der Waals surface area contributed by atoms with Crippen LogP contribution in [0, 0.1) is 18.8 Å². The monoisotopic (exact) mass is 235 g/mol. The molecule has 0 radical (unpaired) electrons. The highest BCUT2D eigenvalue weighted by molar-refractivity contribution is 4.99. The summed E-state index contributed by atoms with van der Waals surface area (Å²) < 4.78 is 2.03. The third-order valence-electron chi connectivity index (χ3n) is 4.03. The molecule has 1 aliphatic carbocycles. The van der Waals surface area contributed by atoms with Crippen LogP contribution in [0.4, 0.5) is 0 Å². The van der Waals surface area contributed by atoms with Gasteiger partial charge >= 0.3 is 0 Å². The van der Waals surface area contributed by atoms with Crippen LogP contribution in [0.5, 0.6) is 0 Å². The second-order valence-electron chi connectivity index (χ2n) is 5.65. The van der Waals surface area contributed by atoms with Gasteiger partial charge in [-0.25, -0.2) is 0 Å². The molecule has 0 spiro atoms. The van der Waals surface area contributed by atoms with E-state index in [1.54, 1.807) is 0 Å². The van der Waals surface area contributed by atoms with Crippen molar-refractivity contribution in [2.24, 2.45) is 11.8 Å². The van der Waals surface area contributed by atoms with Gasteiger partial charge in [-0.05, 0) is 37.2 Å². The molecule has 96 valence electrons. The fourth-order valence-corrected chi connectivity index (χ4v) is 3.02. The van der Waals surface area contributed by atoms with Gasteiger partial charge in [-0.2, -0.15) is 5.10 Å². The van der Waals surface area contributed by atoms with E-state index in [0.29, 0.717) is 6.04 Å². The zero-order chi connectivity index (χ0) is 12.3. The van der Waals surface area contributed by atoms with Crippen LogP contribution in [-0.4, -0.2) is 22.4 Å². The summed E-state index contributed by atoms with van der Waals surface area (Å²) in [6, 6.07) is 0.695. The van der Waals surface area contributed by atoms with Crippen molar-refractivity contribution < 1.29 is 0 Å². The summed E-state index contributed by atoms with van der Waals surface area (Å²) >= 11 is 0. The Bertz CT molecular complexity index is 335. The molecule has 1 N–H and O–H groups in total. The highest BCUT2D eigenvalue weighted by Gasteiger charge is 2.26. The molecule has 0 saturated heterocycles. The minimum Gasteiger partial charge on any atom is -0.312 e. The van der Waals surface area contributed by atoms with E-state index < -0.39 is 0 Å². The highest BCUT2D eigenvalue weighted by atomic mass is 15.3. The van der Waals surface area contributed by atoms with Crippen LogP contribution < -0.4 is 5.32 Å². The summed E-state index contributed by atoms with van der Waals surface area (Å²) in [4.78, 5) is 0. The summed E-state index contributed by atoms with van der Waals surface area (Å²) in [6.07, 6.45) is 8.19. The molecule has 1 saturated carbocycles. The molecule has 3 heteroatoms. The quantitative estimate of drug-likeness (QED) is 0.869. The molecule has 2 atom stereocenters. The second kappa shape index (κ2) is 5.67.